The van der Waals surface area contributed by atoms with Crippen LogP contribution in [0.1, 0.15) is 18.2 Å². The number of hydrogen-bond donors (Lipinski definition) is 0. The van der Waals surface area contributed by atoms with Crippen LogP contribution < -0.4 is 0 Å². The average Bonchev–Trinajstić information content (AvgIpc) is 3.40. The monoisotopic (exact) mass is 344 g/mol. The van der Waals surface area contributed by atoms with Gasteiger partial charge in [0.05, 0.1) is 23.8 Å². The first-order chi connectivity index (χ1) is 12.8. The summed E-state index contributed by atoms with van der Waals surface area (Å²) >= 11 is 0. The average molecular weight is 344 g/mol. The van der Waals surface area contributed by atoms with E-state index in [1.54, 1.807) is 10.8 Å². The van der Waals surface area contributed by atoms with E-state index in [2.05, 4.69) is 36.5 Å². The zero-order valence-corrected chi connectivity index (χ0v) is 14.2. The summed E-state index contributed by atoms with van der Waals surface area (Å²) in [7, 11) is 0. The van der Waals surface area contributed by atoms with Crippen LogP contribution in [0.2, 0.25) is 0 Å². The highest BCUT2D eigenvalue weighted by molar-refractivity contribution is 5.64. The van der Waals surface area contributed by atoms with Crippen molar-refractivity contribution in [1.82, 2.24) is 38.7 Å². The van der Waals surface area contributed by atoms with Crippen molar-refractivity contribution in [2.24, 2.45) is 0 Å². The van der Waals surface area contributed by atoms with Gasteiger partial charge in [-0.05, 0) is 13.0 Å². The summed E-state index contributed by atoms with van der Waals surface area (Å²) in [5.74, 6) is 0. The van der Waals surface area contributed by atoms with Gasteiger partial charge in [-0.25, -0.2) is 14.5 Å². The normalized spacial score (nSPS) is 11.6. The molecule has 0 bridgehead atoms. The van der Waals surface area contributed by atoms with E-state index >= 15 is 0 Å². The fraction of sp³-hybridized carbons (Fsp3) is 0.167. The number of nitrogens with zero attached hydrogens (tertiary/aromatic N) is 8. The number of aromatic nitrogens is 8. The zero-order valence-electron chi connectivity index (χ0n) is 14.2. The van der Waals surface area contributed by atoms with Crippen LogP contribution in [0.4, 0.5) is 0 Å². The molecule has 0 atom stereocenters. The molecule has 8 nitrogen and oxygen atoms in total. The maximum atomic E-state index is 4.61. The molecule has 0 aromatic carbocycles. The molecule has 0 aliphatic heterocycles. The summed E-state index contributed by atoms with van der Waals surface area (Å²) in [5, 5.41) is 8.55. The largest absolute Gasteiger partial charge is 0.296 e. The zero-order chi connectivity index (χ0) is 17.5. The number of pyridine rings is 1. The number of aryl methyl sites for hydroxylation is 1. The second-order valence-electron chi connectivity index (χ2n) is 6.03. The summed E-state index contributed by atoms with van der Waals surface area (Å²) in [6.45, 7) is 2.91. The van der Waals surface area contributed by atoms with Crippen molar-refractivity contribution in [3.05, 3.63) is 66.9 Å². The van der Waals surface area contributed by atoms with E-state index in [-0.39, 0.29) is 0 Å². The molecular formula is C18H16N8. The van der Waals surface area contributed by atoms with E-state index in [1.165, 1.54) is 0 Å². The lowest BCUT2D eigenvalue weighted by molar-refractivity contribution is 0.660. The minimum absolute atomic E-state index is 0.637. The van der Waals surface area contributed by atoms with Gasteiger partial charge >= 0.3 is 0 Å². The molecule has 5 rings (SSSR count). The lowest BCUT2D eigenvalue weighted by Gasteiger charge is -2.05. The van der Waals surface area contributed by atoms with Crippen LogP contribution in [-0.4, -0.2) is 38.7 Å². The smallest absolute Gasteiger partial charge is 0.159 e. The second kappa shape index (κ2) is 5.76. The Morgan fingerprint density at radius 2 is 1.96 bits per heavy atom. The summed E-state index contributed by atoms with van der Waals surface area (Å²) in [5.41, 5.74) is 5.69. The number of hydrogen-bond acceptors (Lipinski definition) is 5. The van der Waals surface area contributed by atoms with E-state index in [1.807, 2.05) is 54.0 Å². The lowest BCUT2D eigenvalue weighted by Crippen LogP contribution is -2.00. The molecular weight excluding hydrogens is 328 g/mol. The molecule has 0 saturated heterocycles. The van der Waals surface area contributed by atoms with E-state index in [0.717, 1.165) is 40.4 Å². The first-order valence-electron chi connectivity index (χ1n) is 8.44. The molecule has 5 heterocycles. The van der Waals surface area contributed by atoms with Gasteiger partial charge in [0.15, 0.2) is 11.3 Å². The third-order valence-corrected chi connectivity index (χ3v) is 4.50. The van der Waals surface area contributed by atoms with Crippen LogP contribution in [0.25, 0.3) is 22.6 Å². The molecule has 0 aliphatic rings. The van der Waals surface area contributed by atoms with E-state index in [0.29, 0.717) is 6.42 Å². The van der Waals surface area contributed by atoms with Crippen LogP contribution in [0.3, 0.4) is 0 Å². The summed E-state index contributed by atoms with van der Waals surface area (Å²) in [6, 6.07) is 4.01. The molecule has 0 saturated carbocycles. The van der Waals surface area contributed by atoms with E-state index in [9.17, 15) is 0 Å². The Kier molecular flexibility index (Phi) is 3.27. The summed E-state index contributed by atoms with van der Waals surface area (Å²) in [6.07, 6.45) is 13.6. The highest BCUT2D eigenvalue weighted by atomic mass is 15.3. The maximum Gasteiger partial charge on any atom is 0.159 e. The molecule has 128 valence electrons. The molecule has 5 aromatic heterocycles. The Morgan fingerprint density at radius 1 is 1.00 bits per heavy atom. The van der Waals surface area contributed by atoms with Gasteiger partial charge in [-0.2, -0.15) is 10.2 Å². The van der Waals surface area contributed by atoms with Crippen molar-refractivity contribution >= 4 is 11.3 Å². The Bertz CT molecular complexity index is 1210. The summed E-state index contributed by atoms with van der Waals surface area (Å²) in [4.78, 5) is 13.5. The van der Waals surface area contributed by atoms with Gasteiger partial charge in [-0.15, -0.1) is 0 Å². The molecule has 0 radical (unpaired) electrons. The first kappa shape index (κ1) is 14.8. The molecule has 0 amide bonds. The first-order valence-corrected chi connectivity index (χ1v) is 8.44. The maximum absolute atomic E-state index is 4.61. The fourth-order valence-corrected chi connectivity index (χ4v) is 3.20. The number of imidazole rings is 1. The molecule has 26 heavy (non-hydrogen) atoms. The van der Waals surface area contributed by atoms with Crippen molar-refractivity contribution in [1.29, 1.82) is 0 Å². The molecule has 0 spiro atoms. The van der Waals surface area contributed by atoms with Gasteiger partial charge in [0.25, 0.3) is 0 Å². The minimum atomic E-state index is 0.637. The Hall–Kier alpha value is -3.55. The van der Waals surface area contributed by atoms with Crippen molar-refractivity contribution in [2.75, 3.05) is 0 Å². The van der Waals surface area contributed by atoms with E-state index < -0.39 is 0 Å². The predicted octanol–water partition coefficient (Wildman–Crippen LogP) is 2.25. The third kappa shape index (κ3) is 2.26. The predicted molar refractivity (Wildman–Crippen MR) is 95.7 cm³/mol. The van der Waals surface area contributed by atoms with Crippen LogP contribution in [0, 0.1) is 0 Å². The Morgan fingerprint density at radius 3 is 2.85 bits per heavy atom. The lowest BCUT2D eigenvalue weighted by atomic mass is 10.1. The number of fused-ring (bicyclic) bond motifs is 2. The topological polar surface area (TPSA) is 78.2 Å². The molecule has 8 heteroatoms. The molecule has 5 aromatic rings. The highest BCUT2D eigenvalue weighted by Gasteiger charge is 2.13. The van der Waals surface area contributed by atoms with Gasteiger partial charge < -0.3 is 0 Å². The third-order valence-electron chi connectivity index (χ3n) is 4.50. The van der Waals surface area contributed by atoms with Gasteiger partial charge in [-0.3, -0.25) is 14.1 Å². The quantitative estimate of drug-likeness (QED) is 0.500. The second-order valence-corrected chi connectivity index (χ2v) is 6.03. The van der Waals surface area contributed by atoms with Gasteiger partial charge in [-0.1, -0.05) is 6.07 Å². The SMILES string of the molecule is CCn1cc(-c2cnc3c(Cc4cccn5ncnc45)nccn23)cn1. The van der Waals surface area contributed by atoms with Crippen LogP contribution >= 0.6 is 0 Å². The summed E-state index contributed by atoms with van der Waals surface area (Å²) < 4.78 is 5.73. The molecule has 0 N–H and O–H groups in total. The van der Waals surface area contributed by atoms with Crippen LogP contribution in [-0.2, 0) is 13.0 Å². The van der Waals surface area contributed by atoms with Gasteiger partial charge in [0, 0.05) is 48.9 Å². The fourth-order valence-electron chi connectivity index (χ4n) is 3.20. The van der Waals surface area contributed by atoms with Crippen LogP contribution in [0.15, 0.2) is 55.6 Å². The van der Waals surface area contributed by atoms with Crippen molar-refractivity contribution in [3.63, 3.8) is 0 Å². The minimum Gasteiger partial charge on any atom is -0.296 e. The standard InChI is InChI=1S/C18H16N8/c1-2-24-11-14(9-22-24)16-10-20-18-15(19-5-7-25(16)18)8-13-4-3-6-26-17(13)21-12-23-26/h3-7,9-12H,2,8H2,1H3. The van der Waals surface area contributed by atoms with Gasteiger partial charge in [0.2, 0.25) is 0 Å². The Labute approximate surface area is 148 Å². The molecule has 0 fully saturated rings. The Balaban J connectivity index is 1.60. The molecule has 0 aliphatic carbocycles. The van der Waals surface area contributed by atoms with E-state index in [4.69, 9.17) is 0 Å². The van der Waals surface area contributed by atoms with Crippen LogP contribution in [0.5, 0.6) is 0 Å². The van der Waals surface area contributed by atoms with Crippen molar-refractivity contribution in [3.8, 4) is 11.3 Å². The molecule has 0 unspecified atom stereocenters. The highest BCUT2D eigenvalue weighted by Crippen LogP contribution is 2.22. The van der Waals surface area contributed by atoms with Crippen molar-refractivity contribution < 1.29 is 0 Å². The number of rotatable bonds is 4. The van der Waals surface area contributed by atoms with Gasteiger partial charge in [0.1, 0.15) is 6.33 Å². The van der Waals surface area contributed by atoms with Crippen molar-refractivity contribution in [2.45, 2.75) is 19.9 Å².